The van der Waals surface area contributed by atoms with E-state index in [4.69, 9.17) is 4.74 Å². The summed E-state index contributed by atoms with van der Waals surface area (Å²) in [5.41, 5.74) is 0.866. The number of hydrogen-bond donors (Lipinski definition) is 2. The third-order valence-corrected chi connectivity index (χ3v) is 4.29. The van der Waals surface area contributed by atoms with Crippen LogP contribution in [-0.4, -0.2) is 45.9 Å². The number of benzene rings is 1. The van der Waals surface area contributed by atoms with Crippen LogP contribution in [0.3, 0.4) is 0 Å². The second-order valence-corrected chi connectivity index (χ2v) is 7.46. The van der Waals surface area contributed by atoms with Crippen LogP contribution >= 0.6 is 0 Å². The van der Waals surface area contributed by atoms with Crippen molar-refractivity contribution in [2.45, 2.75) is 45.3 Å². The molecule has 2 heterocycles. The summed E-state index contributed by atoms with van der Waals surface area (Å²) >= 11 is 0. The molecule has 0 saturated carbocycles. The van der Waals surface area contributed by atoms with Gasteiger partial charge in [-0.15, -0.1) is 0 Å². The van der Waals surface area contributed by atoms with E-state index >= 15 is 0 Å². The highest BCUT2D eigenvalue weighted by Crippen LogP contribution is 2.33. The van der Waals surface area contributed by atoms with Gasteiger partial charge in [-0.05, 0) is 39.7 Å². The Bertz CT molecular complexity index is 818. The second-order valence-electron chi connectivity index (χ2n) is 7.46. The van der Waals surface area contributed by atoms with Gasteiger partial charge in [-0.3, -0.25) is 15.2 Å². The van der Waals surface area contributed by atoms with Crippen LogP contribution in [0.5, 0.6) is 0 Å². The van der Waals surface area contributed by atoms with E-state index in [9.17, 15) is 14.9 Å². The molecule has 26 heavy (non-hydrogen) atoms. The van der Waals surface area contributed by atoms with E-state index in [1.165, 1.54) is 0 Å². The Kier molecular flexibility index (Phi) is 4.71. The third-order valence-electron chi connectivity index (χ3n) is 4.29. The van der Waals surface area contributed by atoms with Crippen molar-refractivity contribution >= 4 is 28.4 Å². The van der Waals surface area contributed by atoms with Gasteiger partial charge >= 0.3 is 6.09 Å². The predicted octanol–water partition coefficient (Wildman–Crippen LogP) is 2.96. The molecule has 1 fully saturated rings. The number of piperidine rings is 1. The molecular formula is C17H23N5O4. The molecule has 9 heteroatoms. The molecule has 140 valence electrons. The van der Waals surface area contributed by atoms with Gasteiger partial charge in [-0.2, -0.15) is 5.10 Å². The molecule has 2 N–H and O–H groups in total. The molecule has 0 bridgehead atoms. The maximum Gasteiger partial charge on any atom is 0.407 e. The number of carbonyl (C=O) groups excluding carboxylic acids is 1. The van der Waals surface area contributed by atoms with E-state index in [0.29, 0.717) is 37.0 Å². The van der Waals surface area contributed by atoms with Gasteiger partial charge in [0.05, 0.1) is 16.6 Å². The molecular weight excluding hydrogens is 338 g/mol. The number of nitro benzene ring substituents is 1. The van der Waals surface area contributed by atoms with E-state index in [1.54, 1.807) is 18.3 Å². The molecule has 1 amide bonds. The van der Waals surface area contributed by atoms with Crippen molar-refractivity contribution in [2.24, 2.45) is 0 Å². The first-order valence-electron chi connectivity index (χ1n) is 8.59. The Morgan fingerprint density at radius 3 is 2.69 bits per heavy atom. The lowest BCUT2D eigenvalue weighted by atomic mass is 10.0. The zero-order valence-corrected chi connectivity index (χ0v) is 15.1. The molecule has 0 unspecified atom stereocenters. The highest BCUT2D eigenvalue weighted by atomic mass is 16.6. The van der Waals surface area contributed by atoms with Gasteiger partial charge in [0.1, 0.15) is 11.3 Å². The van der Waals surface area contributed by atoms with E-state index in [0.717, 1.165) is 5.52 Å². The highest BCUT2D eigenvalue weighted by molar-refractivity contribution is 5.87. The summed E-state index contributed by atoms with van der Waals surface area (Å²) in [5, 5.41) is 21.8. The number of aromatic amines is 1. The summed E-state index contributed by atoms with van der Waals surface area (Å²) in [6, 6.07) is 3.30. The van der Waals surface area contributed by atoms with Gasteiger partial charge in [0.2, 0.25) is 0 Å². The van der Waals surface area contributed by atoms with Crippen LogP contribution < -0.4 is 10.2 Å². The number of H-pyrrole nitrogens is 1. The van der Waals surface area contributed by atoms with Gasteiger partial charge in [0, 0.05) is 30.6 Å². The minimum absolute atomic E-state index is 0.00367. The topological polar surface area (TPSA) is 113 Å². The molecule has 1 aromatic heterocycles. The SMILES string of the molecule is CC(C)(C)OC(=O)NC1CCN(c2cc3[nH]ncc3cc2[N+](=O)[O-])CC1. The monoisotopic (exact) mass is 361 g/mol. The summed E-state index contributed by atoms with van der Waals surface area (Å²) in [7, 11) is 0. The van der Waals surface area contributed by atoms with Gasteiger partial charge in [-0.1, -0.05) is 0 Å². The molecule has 1 aliphatic heterocycles. The van der Waals surface area contributed by atoms with Gasteiger partial charge in [0.15, 0.2) is 0 Å². The lowest BCUT2D eigenvalue weighted by Gasteiger charge is -2.34. The number of rotatable bonds is 3. The first-order valence-corrected chi connectivity index (χ1v) is 8.59. The van der Waals surface area contributed by atoms with Crippen molar-refractivity contribution in [2.75, 3.05) is 18.0 Å². The number of aromatic nitrogens is 2. The number of alkyl carbamates (subject to hydrolysis) is 1. The quantitative estimate of drug-likeness (QED) is 0.642. The van der Waals surface area contributed by atoms with E-state index in [2.05, 4.69) is 15.5 Å². The lowest BCUT2D eigenvalue weighted by molar-refractivity contribution is -0.384. The number of nitro groups is 1. The van der Waals surface area contributed by atoms with Crippen LogP contribution in [0.2, 0.25) is 0 Å². The van der Waals surface area contributed by atoms with Crippen LogP contribution in [0, 0.1) is 10.1 Å². The van der Waals surface area contributed by atoms with Gasteiger partial charge in [0.25, 0.3) is 5.69 Å². The summed E-state index contributed by atoms with van der Waals surface area (Å²) in [6.45, 7) is 6.68. The van der Waals surface area contributed by atoms with E-state index in [-0.39, 0.29) is 16.7 Å². The Morgan fingerprint density at radius 2 is 2.08 bits per heavy atom. The van der Waals surface area contributed by atoms with E-state index in [1.807, 2.05) is 25.7 Å². The minimum Gasteiger partial charge on any atom is -0.444 e. The van der Waals surface area contributed by atoms with Gasteiger partial charge < -0.3 is 15.0 Å². The fraction of sp³-hybridized carbons (Fsp3) is 0.529. The highest BCUT2D eigenvalue weighted by Gasteiger charge is 2.27. The number of nitrogens with one attached hydrogen (secondary N) is 2. The van der Waals surface area contributed by atoms with E-state index < -0.39 is 11.7 Å². The number of fused-ring (bicyclic) bond motifs is 1. The van der Waals surface area contributed by atoms with Crippen LogP contribution in [0.25, 0.3) is 10.9 Å². The van der Waals surface area contributed by atoms with Crippen LogP contribution in [0.15, 0.2) is 18.3 Å². The minimum atomic E-state index is -0.537. The lowest BCUT2D eigenvalue weighted by Crippen LogP contribution is -2.46. The van der Waals surface area contributed by atoms with Crippen molar-refractivity contribution in [3.63, 3.8) is 0 Å². The number of hydrogen-bond acceptors (Lipinski definition) is 6. The summed E-state index contributed by atoms with van der Waals surface area (Å²) in [6.07, 6.45) is 2.53. The molecule has 1 aliphatic rings. The summed E-state index contributed by atoms with van der Waals surface area (Å²) in [4.78, 5) is 24.9. The Balaban J connectivity index is 1.68. The molecule has 0 spiro atoms. The van der Waals surface area contributed by atoms with Crippen molar-refractivity contribution in [1.82, 2.24) is 15.5 Å². The number of nitrogens with zero attached hydrogens (tertiary/aromatic N) is 3. The maximum absolute atomic E-state index is 11.9. The summed E-state index contributed by atoms with van der Waals surface area (Å²) < 4.78 is 5.28. The molecule has 3 rings (SSSR count). The molecule has 0 aliphatic carbocycles. The largest absolute Gasteiger partial charge is 0.444 e. The average Bonchev–Trinajstić information content (AvgIpc) is 3.00. The normalized spacial score (nSPS) is 15.9. The van der Waals surface area contributed by atoms with Crippen LogP contribution in [0.1, 0.15) is 33.6 Å². The maximum atomic E-state index is 11.9. The van der Waals surface area contributed by atoms with Crippen molar-refractivity contribution in [3.05, 3.63) is 28.4 Å². The Labute approximate surface area is 150 Å². The van der Waals surface area contributed by atoms with Crippen LogP contribution in [-0.2, 0) is 4.74 Å². The Hall–Kier alpha value is -2.84. The molecule has 2 aromatic rings. The van der Waals surface area contributed by atoms with Gasteiger partial charge in [-0.25, -0.2) is 4.79 Å². The predicted molar refractivity (Wildman–Crippen MR) is 97.4 cm³/mol. The molecule has 1 saturated heterocycles. The fourth-order valence-corrected chi connectivity index (χ4v) is 3.11. The number of ether oxygens (including phenoxy) is 1. The molecule has 9 nitrogen and oxygen atoms in total. The van der Waals surface area contributed by atoms with Crippen molar-refractivity contribution in [3.8, 4) is 0 Å². The zero-order chi connectivity index (χ0) is 18.9. The number of amides is 1. The Morgan fingerprint density at radius 1 is 1.38 bits per heavy atom. The number of carbonyl (C=O) groups is 1. The standard InChI is InChI=1S/C17H23N5O4/c1-17(2,3)26-16(23)19-12-4-6-21(7-5-12)14-9-13-11(10-18-20-13)8-15(14)22(24)25/h8-10,12H,4-7H2,1-3H3,(H,18,20)(H,19,23). The summed E-state index contributed by atoms with van der Waals surface area (Å²) in [5.74, 6) is 0. The third kappa shape index (κ3) is 4.04. The molecule has 1 aromatic carbocycles. The fourth-order valence-electron chi connectivity index (χ4n) is 3.11. The van der Waals surface area contributed by atoms with Crippen molar-refractivity contribution in [1.29, 1.82) is 0 Å². The first-order chi connectivity index (χ1) is 12.2. The second kappa shape index (κ2) is 6.81. The smallest absolute Gasteiger partial charge is 0.407 e. The molecule has 0 atom stereocenters. The van der Waals surface area contributed by atoms with Crippen LogP contribution in [0.4, 0.5) is 16.2 Å². The number of anilines is 1. The molecule has 0 radical (unpaired) electrons. The first kappa shape index (κ1) is 18.0. The zero-order valence-electron chi connectivity index (χ0n) is 15.1. The van der Waals surface area contributed by atoms with Crippen molar-refractivity contribution < 1.29 is 14.5 Å². The average molecular weight is 361 g/mol.